The van der Waals surface area contributed by atoms with E-state index in [1.54, 1.807) is 0 Å². The van der Waals surface area contributed by atoms with Crippen molar-refractivity contribution in [2.75, 3.05) is 6.61 Å². The van der Waals surface area contributed by atoms with Crippen LogP contribution < -0.4 is 0 Å². The zero-order chi connectivity index (χ0) is 10.9. The predicted octanol–water partition coefficient (Wildman–Crippen LogP) is 3.28. The van der Waals surface area contributed by atoms with Gasteiger partial charge in [0, 0.05) is 0 Å². The Labute approximate surface area is 94.0 Å². The molecule has 2 nitrogen and oxygen atoms in total. The van der Waals surface area contributed by atoms with E-state index in [-0.39, 0.29) is 12.7 Å². The minimum absolute atomic E-state index is 0.176. The maximum absolute atomic E-state index is 8.77. The van der Waals surface area contributed by atoms with Crippen molar-refractivity contribution in [3.05, 3.63) is 0 Å². The van der Waals surface area contributed by atoms with Crippen LogP contribution in [0.25, 0.3) is 0 Å². The molecule has 90 valence electrons. The van der Waals surface area contributed by atoms with Gasteiger partial charge in [-0.05, 0) is 6.42 Å². The molecule has 1 rings (SSSR count). The highest BCUT2D eigenvalue weighted by molar-refractivity contribution is 4.83. The maximum Gasteiger partial charge on any atom is 0.107 e. The van der Waals surface area contributed by atoms with E-state index >= 15 is 0 Å². The Bertz CT molecular complexity index is 147. The van der Waals surface area contributed by atoms with Gasteiger partial charge in [-0.3, -0.25) is 0 Å². The zero-order valence-corrected chi connectivity index (χ0v) is 10.1. The molecular weight excluding hydrogens is 188 g/mol. The molecule has 0 aromatic heterocycles. The third-order valence-electron chi connectivity index (χ3n) is 3.21. The molecule has 2 heteroatoms. The molecule has 0 unspecified atom stereocenters. The fourth-order valence-electron chi connectivity index (χ4n) is 2.07. The molecule has 0 aromatic rings. The first-order valence-electron chi connectivity index (χ1n) is 6.64. The van der Waals surface area contributed by atoms with Gasteiger partial charge in [-0.2, -0.15) is 0 Å². The summed E-state index contributed by atoms with van der Waals surface area (Å²) in [5.74, 6) is 0. The number of aliphatic hydroxyl groups excluding tert-OH is 1. The van der Waals surface area contributed by atoms with Crippen LogP contribution in [0.5, 0.6) is 0 Å². The molecule has 1 fully saturated rings. The Morgan fingerprint density at radius 2 is 1.47 bits per heavy atom. The number of hydrogen-bond acceptors (Lipinski definition) is 2. The quantitative estimate of drug-likeness (QED) is 0.447. The van der Waals surface area contributed by atoms with Gasteiger partial charge in [-0.1, -0.05) is 58.3 Å². The van der Waals surface area contributed by atoms with E-state index in [1.165, 1.54) is 51.4 Å². The van der Waals surface area contributed by atoms with Crippen molar-refractivity contribution in [1.29, 1.82) is 0 Å². The molecule has 1 saturated heterocycles. The normalized spacial score (nSPS) is 24.4. The molecule has 0 aromatic carbocycles. The molecule has 1 aliphatic heterocycles. The van der Waals surface area contributed by atoms with Crippen molar-refractivity contribution in [3.63, 3.8) is 0 Å². The summed E-state index contributed by atoms with van der Waals surface area (Å²) in [5.41, 5.74) is 0. The van der Waals surface area contributed by atoms with E-state index in [0.29, 0.717) is 6.10 Å². The lowest BCUT2D eigenvalue weighted by molar-refractivity contribution is 0.241. The number of unbranched alkanes of at least 4 members (excludes halogenated alkanes) is 7. The fraction of sp³-hybridized carbons (Fsp3) is 1.00. The average molecular weight is 214 g/mol. The lowest BCUT2D eigenvalue weighted by Crippen LogP contribution is -1.98. The van der Waals surface area contributed by atoms with E-state index in [4.69, 9.17) is 9.84 Å². The summed E-state index contributed by atoms with van der Waals surface area (Å²) >= 11 is 0. The lowest BCUT2D eigenvalue weighted by atomic mass is 10.1. The second kappa shape index (κ2) is 8.12. The van der Waals surface area contributed by atoms with Gasteiger partial charge in [0.2, 0.25) is 0 Å². The summed E-state index contributed by atoms with van der Waals surface area (Å²) in [6.45, 7) is 2.47. The topological polar surface area (TPSA) is 32.8 Å². The highest BCUT2D eigenvalue weighted by Gasteiger charge is 2.36. The Hall–Kier alpha value is -0.0800. The van der Waals surface area contributed by atoms with Crippen LogP contribution in [-0.4, -0.2) is 23.9 Å². The molecule has 0 bridgehead atoms. The second-order valence-electron chi connectivity index (χ2n) is 4.66. The van der Waals surface area contributed by atoms with Crippen molar-refractivity contribution in [2.45, 2.75) is 76.9 Å². The molecule has 1 aliphatic rings. The standard InChI is InChI=1S/C13H26O2/c1-2-3-4-5-6-7-8-9-10-12-13(11-14)15-12/h12-14H,2-11H2,1H3/t12-,13-/m0/s1. The molecular formula is C13H26O2. The van der Waals surface area contributed by atoms with Crippen molar-refractivity contribution < 1.29 is 9.84 Å². The smallest absolute Gasteiger partial charge is 0.107 e. The summed E-state index contributed by atoms with van der Waals surface area (Å²) in [6.07, 6.45) is 12.6. The van der Waals surface area contributed by atoms with Gasteiger partial charge in [0.15, 0.2) is 0 Å². The summed E-state index contributed by atoms with van der Waals surface area (Å²) in [4.78, 5) is 0. The third kappa shape index (κ3) is 6.16. The first kappa shape index (κ1) is 13.0. The van der Waals surface area contributed by atoms with Crippen LogP contribution in [0, 0.1) is 0 Å². The van der Waals surface area contributed by atoms with Crippen LogP contribution in [0.15, 0.2) is 0 Å². The van der Waals surface area contributed by atoms with Crippen LogP contribution >= 0.6 is 0 Å². The van der Waals surface area contributed by atoms with Gasteiger partial charge in [-0.25, -0.2) is 0 Å². The second-order valence-corrected chi connectivity index (χ2v) is 4.66. The number of hydrogen-bond donors (Lipinski definition) is 1. The molecule has 0 amide bonds. The summed E-state index contributed by atoms with van der Waals surface area (Å²) < 4.78 is 5.28. The number of epoxide rings is 1. The molecule has 0 aliphatic carbocycles. The van der Waals surface area contributed by atoms with Crippen LogP contribution in [0.2, 0.25) is 0 Å². The van der Waals surface area contributed by atoms with Gasteiger partial charge in [0.1, 0.15) is 6.10 Å². The fourth-order valence-corrected chi connectivity index (χ4v) is 2.07. The van der Waals surface area contributed by atoms with Crippen molar-refractivity contribution in [2.24, 2.45) is 0 Å². The Kier molecular flexibility index (Phi) is 7.03. The summed E-state index contributed by atoms with van der Waals surface area (Å²) in [5, 5.41) is 8.77. The first-order chi connectivity index (χ1) is 7.38. The zero-order valence-electron chi connectivity index (χ0n) is 10.1. The highest BCUT2D eigenvalue weighted by Crippen LogP contribution is 2.26. The summed E-state index contributed by atoms with van der Waals surface area (Å²) in [7, 11) is 0. The minimum Gasteiger partial charge on any atom is -0.394 e. The van der Waals surface area contributed by atoms with Gasteiger partial charge >= 0.3 is 0 Å². The molecule has 2 atom stereocenters. The maximum atomic E-state index is 8.77. The molecule has 1 heterocycles. The molecule has 15 heavy (non-hydrogen) atoms. The monoisotopic (exact) mass is 214 g/mol. The Balaban J connectivity index is 1.71. The van der Waals surface area contributed by atoms with E-state index in [9.17, 15) is 0 Å². The lowest BCUT2D eigenvalue weighted by Gasteiger charge is -2.00. The van der Waals surface area contributed by atoms with Crippen molar-refractivity contribution in [3.8, 4) is 0 Å². The number of aliphatic hydroxyl groups is 1. The molecule has 0 spiro atoms. The van der Waals surface area contributed by atoms with Gasteiger partial charge < -0.3 is 9.84 Å². The largest absolute Gasteiger partial charge is 0.394 e. The number of rotatable bonds is 10. The molecule has 0 radical (unpaired) electrons. The average Bonchev–Trinajstić information content (AvgIpc) is 3.01. The first-order valence-corrected chi connectivity index (χ1v) is 6.64. The predicted molar refractivity (Wildman–Crippen MR) is 63.0 cm³/mol. The highest BCUT2D eigenvalue weighted by atomic mass is 16.6. The number of ether oxygens (including phenoxy) is 1. The van der Waals surface area contributed by atoms with Crippen LogP contribution in [0.3, 0.4) is 0 Å². The van der Waals surface area contributed by atoms with Gasteiger partial charge in [0.25, 0.3) is 0 Å². The van der Waals surface area contributed by atoms with E-state index in [0.717, 1.165) is 6.42 Å². The minimum atomic E-state index is 0.176. The molecule has 1 N–H and O–H groups in total. The van der Waals surface area contributed by atoms with Crippen LogP contribution in [-0.2, 0) is 4.74 Å². The molecule has 0 saturated carbocycles. The third-order valence-corrected chi connectivity index (χ3v) is 3.21. The van der Waals surface area contributed by atoms with Gasteiger partial charge in [-0.15, -0.1) is 0 Å². The van der Waals surface area contributed by atoms with Crippen LogP contribution in [0.1, 0.15) is 64.7 Å². The Morgan fingerprint density at radius 3 is 2.00 bits per heavy atom. The van der Waals surface area contributed by atoms with E-state index in [2.05, 4.69) is 6.92 Å². The van der Waals surface area contributed by atoms with Crippen molar-refractivity contribution in [1.82, 2.24) is 0 Å². The SMILES string of the molecule is CCCCCCCCCC[C@@H]1O[C@H]1CO. The van der Waals surface area contributed by atoms with Gasteiger partial charge in [0.05, 0.1) is 12.7 Å². The Morgan fingerprint density at radius 1 is 0.867 bits per heavy atom. The van der Waals surface area contributed by atoms with Crippen molar-refractivity contribution >= 4 is 0 Å². The van der Waals surface area contributed by atoms with E-state index < -0.39 is 0 Å². The van der Waals surface area contributed by atoms with E-state index in [1.807, 2.05) is 0 Å². The van der Waals surface area contributed by atoms with Crippen LogP contribution in [0.4, 0.5) is 0 Å². The summed E-state index contributed by atoms with van der Waals surface area (Å²) in [6, 6.07) is 0.